The van der Waals surface area contributed by atoms with Crippen LogP contribution in [0.4, 0.5) is 4.79 Å². The van der Waals surface area contributed by atoms with Crippen LogP contribution in [0, 0.1) is 0 Å². The van der Waals surface area contributed by atoms with Gasteiger partial charge >= 0.3 is 6.09 Å². The van der Waals surface area contributed by atoms with E-state index in [-0.39, 0.29) is 6.61 Å². The van der Waals surface area contributed by atoms with Gasteiger partial charge in [-0.05, 0) is 12.5 Å². The first-order chi connectivity index (χ1) is 7.11. The van der Waals surface area contributed by atoms with Crippen LogP contribution in [0.2, 0.25) is 0 Å². The van der Waals surface area contributed by atoms with Crippen molar-refractivity contribution < 1.29 is 19.4 Å². The van der Waals surface area contributed by atoms with Gasteiger partial charge < -0.3 is 15.2 Å². The predicted octanol–water partition coefficient (Wildman–Crippen LogP) is 0.629. The Bertz CT molecular complexity index is 227. The molecule has 0 heterocycles. The summed E-state index contributed by atoms with van der Waals surface area (Å²) in [5, 5.41) is 11.6. The van der Waals surface area contributed by atoms with Crippen molar-refractivity contribution >= 4 is 11.9 Å². The summed E-state index contributed by atoms with van der Waals surface area (Å²) in [6.45, 7) is 5.39. The number of alkyl carbamates (subject to hydrolysis) is 1. The summed E-state index contributed by atoms with van der Waals surface area (Å²) >= 11 is 0. The van der Waals surface area contributed by atoms with Crippen molar-refractivity contribution in [1.82, 2.24) is 5.32 Å². The Morgan fingerprint density at radius 1 is 1.60 bits per heavy atom. The molecule has 0 aromatic rings. The number of hydrogen-bond acceptors (Lipinski definition) is 4. The number of nitrogens with one attached hydrogen (secondary N) is 1. The predicted molar refractivity (Wildman–Crippen MR) is 55.5 cm³/mol. The van der Waals surface area contributed by atoms with Gasteiger partial charge in [0.05, 0.1) is 0 Å². The molecule has 0 saturated carbocycles. The van der Waals surface area contributed by atoms with Crippen molar-refractivity contribution in [2.75, 3.05) is 13.2 Å². The van der Waals surface area contributed by atoms with E-state index in [4.69, 9.17) is 5.11 Å². The van der Waals surface area contributed by atoms with Gasteiger partial charge in [-0.15, -0.1) is 0 Å². The van der Waals surface area contributed by atoms with Gasteiger partial charge in [0.1, 0.15) is 6.61 Å². The summed E-state index contributed by atoms with van der Waals surface area (Å²) in [4.78, 5) is 21.8. The van der Waals surface area contributed by atoms with Crippen LogP contribution in [0.15, 0.2) is 12.7 Å². The highest BCUT2D eigenvalue weighted by Gasteiger charge is 2.13. The summed E-state index contributed by atoms with van der Waals surface area (Å²) in [6, 6.07) is 0. The van der Waals surface area contributed by atoms with Gasteiger partial charge in [-0.1, -0.05) is 19.9 Å². The maximum absolute atomic E-state index is 11.0. The molecule has 0 rings (SSSR count). The summed E-state index contributed by atoms with van der Waals surface area (Å²) in [6.07, 6.45) is 0.878. The minimum absolute atomic E-state index is 0.344. The van der Waals surface area contributed by atoms with E-state index in [1.165, 1.54) is 0 Å². The first-order valence-electron chi connectivity index (χ1n) is 4.86. The van der Waals surface area contributed by atoms with Crippen molar-refractivity contribution in [2.45, 2.75) is 25.9 Å². The van der Waals surface area contributed by atoms with Crippen LogP contribution in [0.3, 0.4) is 0 Å². The molecule has 1 amide bonds. The second kappa shape index (κ2) is 7.99. The van der Waals surface area contributed by atoms with E-state index < -0.39 is 18.0 Å². The quantitative estimate of drug-likeness (QED) is 0.482. The topological polar surface area (TPSA) is 75.6 Å². The number of rotatable bonds is 7. The molecule has 0 fully saturated rings. The van der Waals surface area contributed by atoms with Crippen LogP contribution in [0.5, 0.6) is 0 Å². The lowest BCUT2D eigenvalue weighted by Gasteiger charge is -2.09. The van der Waals surface area contributed by atoms with Gasteiger partial charge in [-0.3, -0.25) is 4.79 Å². The molecule has 0 aliphatic rings. The average molecular weight is 215 g/mol. The largest absolute Gasteiger partial charge is 0.446 e. The molecule has 0 aromatic heterocycles. The number of carbonyl (C=O) groups is 2. The summed E-state index contributed by atoms with van der Waals surface area (Å²) in [7, 11) is 0. The number of hydrogen-bond donors (Lipinski definition) is 2. The summed E-state index contributed by atoms with van der Waals surface area (Å²) < 4.78 is 4.60. The Labute approximate surface area is 89.1 Å². The van der Waals surface area contributed by atoms with Crippen molar-refractivity contribution in [2.24, 2.45) is 0 Å². The minimum atomic E-state index is -1.32. The third-order valence-electron chi connectivity index (χ3n) is 1.70. The molecular formula is C10H17NO4. The third-order valence-corrected chi connectivity index (χ3v) is 1.70. The normalized spacial score (nSPS) is 11.6. The van der Waals surface area contributed by atoms with Crippen LogP contribution in [0.1, 0.15) is 19.8 Å². The molecule has 1 unspecified atom stereocenters. The number of unbranched alkanes of at least 4 members (excludes halogenated alkanes) is 1. The number of aliphatic hydroxyl groups excluding tert-OH is 1. The maximum Gasteiger partial charge on any atom is 0.407 e. The molecule has 1 atom stereocenters. The third kappa shape index (κ3) is 6.68. The van der Waals surface area contributed by atoms with E-state index in [1.807, 2.05) is 6.92 Å². The van der Waals surface area contributed by atoms with Gasteiger partial charge in [0, 0.05) is 6.54 Å². The molecule has 0 aromatic carbocycles. The fourth-order valence-electron chi connectivity index (χ4n) is 0.791. The van der Waals surface area contributed by atoms with Gasteiger partial charge in [-0.2, -0.15) is 0 Å². The van der Waals surface area contributed by atoms with Crippen LogP contribution in [-0.4, -0.2) is 36.2 Å². The molecule has 0 spiro atoms. The molecule has 5 nitrogen and oxygen atoms in total. The van der Waals surface area contributed by atoms with E-state index in [0.717, 1.165) is 18.9 Å². The second-order valence-corrected chi connectivity index (χ2v) is 3.00. The monoisotopic (exact) mass is 215 g/mol. The highest BCUT2D eigenvalue weighted by molar-refractivity contribution is 5.93. The van der Waals surface area contributed by atoms with Crippen LogP contribution in [0.25, 0.3) is 0 Å². The Hall–Kier alpha value is -1.36. The van der Waals surface area contributed by atoms with Gasteiger partial charge in [0.15, 0.2) is 11.9 Å². The van der Waals surface area contributed by atoms with Crippen LogP contribution < -0.4 is 5.32 Å². The zero-order valence-electron chi connectivity index (χ0n) is 8.86. The fraction of sp³-hybridized carbons (Fsp3) is 0.600. The molecule has 0 aliphatic heterocycles. The number of aliphatic hydroxyl groups is 1. The minimum Gasteiger partial charge on any atom is -0.446 e. The zero-order chi connectivity index (χ0) is 11.7. The second-order valence-electron chi connectivity index (χ2n) is 3.00. The molecule has 5 heteroatoms. The zero-order valence-corrected chi connectivity index (χ0v) is 8.86. The first kappa shape index (κ1) is 13.6. The molecule has 2 N–H and O–H groups in total. The van der Waals surface area contributed by atoms with Gasteiger partial charge in [0.25, 0.3) is 0 Å². The Morgan fingerprint density at radius 3 is 2.80 bits per heavy atom. The SMILES string of the molecule is C=CC(=O)C(O)COC(=O)NCCCC. The number of amides is 1. The van der Waals surface area contributed by atoms with E-state index >= 15 is 0 Å². The van der Waals surface area contributed by atoms with Crippen LogP contribution >= 0.6 is 0 Å². The van der Waals surface area contributed by atoms with Crippen molar-refractivity contribution in [3.63, 3.8) is 0 Å². The maximum atomic E-state index is 11.0. The van der Waals surface area contributed by atoms with Crippen molar-refractivity contribution in [3.8, 4) is 0 Å². The fourth-order valence-corrected chi connectivity index (χ4v) is 0.791. The molecule has 0 saturated heterocycles. The first-order valence-corrected chi connectivity index (χ1v) is 4.86. The molecule has 15 heavy (non-hydrogen) atoms. The lowest BCUT2D eigenvalue weighted by atomic mass is 10.2. The number of ketones is 1. The molecular weight excluding hydrogens is 198 g/mol. The highest BCUT2D eigenvalue weighted by Crippen LogP contribution is 1.90. The van der Waals surface area contributed by atoms with Gasteiger partial charge in [0.2, 0.25) is 0 Å². The molecule has 0 radical (unpaired) electrons. The van der Waals surface area contributed by atoms with Crippen LogP contribution in [-0.2, 0) is 9.53 Å². The van der Waals surface area contributed by atoms with Gasteiger partial charge in [-0.25, -0.2) is 4.79 Å². The standard InChI is InChI=1S/C10H17NO4/c1-3-5-6-11-10(14)15-7-9(13)8(12)4-2/h4,9,13H,2-3,5-7H2,1H3,(H,11,14). The van der Waals surface area contributed by atoms with Crippen molar-refractivity contribution in [3.05, 3.63) is 12.7 Å². The van der Waals surface area contributed by atoms with E-state index in [1.54, 1.807) is 0 Å². The Kier molecular flexibility index (Phi) is 7.27. The molecule has 0 bridgehead atoms. The Balaban J connectivity index is 3.61. The smallest absolute Gasteiger partial charge is 0.407 e. The summed E-state index contributed by atoms with van der Waals surface area (Å²) in [5.41, 5.74) is 0. The summed E-state index contributed by atoms with van der Waals surface area (Å²) in [5.74, 6) is -0.559. The van der Waals surface area contributed by atoms with E-state index in [2.05, 4.69) is 16.6 Å². The number of carbonyl (C=O) groups excluding carboxylic acids is 2. The highest BCUT2D eigenvalue weighted by atomic mass is 16.6. The number of ether oxygens (including phenoxy) is 1. The van der Waals surface area contributed by atoms with Crippen molar-refractivity contribution in [1.29, 1.82) is 0 Å². The molecule has 86 valence electrons. The van der Waals surface area contributed by atoms with E-state index in [0.29, 0.717) is 6.54 Å². The lowest BCUT2D eigenvalue weighted by Crippen LogP contribution is -2.31. The van der Waals surface area contributed by atoms with E-state index in [9.17, 15) is 9.59 Å². The average Bonchev–Trinajstić information content (AvgIpc) is 2.25. The Morgan fingerprint density at radius 2 is 2.27 bits per heavy atom. The molecule has 0 aliphatic carbocycles. The lowest BCUT2D eigenvalue weighted by molar-refractivity contribution is -0.124.